The van der Waals surface area contributed by atoms with E-state index in [0.717, 1.165) is 32.0 Å². The fourth-order valence-corrected chi connectivity index (χ4v) is 3.90. The number of piperazine rings is 1. The number of carbonyl (C=O) groups is 1. The summed E-state index contributed by atoms with van der Waals surface area (Å²) < 4.78 is 16.2. The molecule has 3 fully saturated rings. The first-order valence-electron chi connectivity index (χ1n) is 8.29. The standard InChI is InChI=1S/C17H19FN4O3/c1-19-22-8-12(17(24)25)16(23)11-4-13(18)15(5-14(11)22)21-7-9-2-3-10(21)6-20-9/h4-5,8-10,19-20H,2-3,6-7H2,1H3,(H,24,25). The van der Waals surface area contributed by atoms with Gasteiger partial charge in [0.05, 0.1) is 16.6 Å². The zero-order valence-electron chi connectivity index (χ0n) is 13.8. The van der Waals surface area contributed by atoms with Gasteiger partial charge in [-0.05, 0) is 25.0 Å². The fraction of sp³-hybridized carbons (Fsp3) is 0.412. The lowest BCUT2D eigenvalue weighted by molar-refractivity contribution is 0.0695. The smallest absolute Gasteiger partial charge is 0.341 e. The average Bonchev–Trinajstić information content (AvgIpc) is 2.62. The first-order valence-corrected chi connectivity index (χ1v) is 8.29. The number of pyridine rings is 1. The Bertz CT molecular complexity index is 918. The first-order chi connectivity index (χ1) is 12.0. The van der Waals surface area contributed by atoms with Gasteiger partial charge >= 0.3 is 5.97 Å². The van der Waals surface area contributed by atoms with Crippen molar-refractivity contribution in [3.05, 3.63) is 39.9 Å². The molecule has 0 aliphatic carbocycles. The number of carboxylic acids is 1. The minimum Gasteiger partial charge on any atom is -0.477 e. The van der Waals surface area contributed by atoms with Crippen molar-refractivity contribution in [2.24, 2.45) is 0 Å². The van der Waals surface area contributed by atoms with Crippen molar-refractivity contribution in [3.8, 4) is 0 Å². The Morgan fingerprint density at radius 3 is 2.76 bits per heavy atom. The number of benzene rings is 1. The summed E-state index contributed by atoms with van der Waals surface area (Å²) in [5, 5.41) is 12.7. The molecule has 1 aromatic carbocycles. The van der Waals surface area contributed by atoms with Gasteiger partial charge in [-0.3, -0.25) is 9.47 Å². The van der Waals surface area contributed by atoms with Crippen LogP contribution in [0.1, 0.15) is 23.2 Å². The summed E-state index contributed by atoms with van der Waals surface area (Å²) in [5.74, 6) is -1.83. The van der Waals surface area contributed by atoms with E-state index in [-0.39, 0.29) is 11.4 Å². The van der Waals surface area contributed by atoms with Gasteiger partial charge in [-0.25, -0.2) is 9.18 Å². The Balaban J connectivity index is 1.91. The van der Waals surface area contributed by atoms with E-state index in [1.807, 2.05) is 0 Å². The summed E-state index contributed by atoms with van der Waals surface area (Å²) in [6, 6.07) is 3.36. The van der Waals surface area contributed by atoms with Gasteiger partial charge in [-0.15, -0.1) is 0 Å². The number of hydrogen-bond donors (Lipinski definition) is 3. The van der Waals surface area contributed by atoms with Crippen molar-refractivity contribution in [2.45, 2.75) is 24.9 Å². The maximum Gasteiger partial charge on any atom is 0.341 e. The van der Waals surface area contributed by atoms with Crippen LogP contribution < -0.4 is 21.1 Å². The predicted molar refractivity (Wildman–Crippen MR) is 92.6 cm³/mol. The molecule has 0 saturated carbocycles. The molecule has 0 radical (unpaired) electrons. The summed E-state index contributed by atoms with van der Waals surface area (Å²) >= 11 is 0. The van der Waals surface area contributed by atoms with Crippen LogP contribution in [0.4, 0.5) is 10.1 Å². The predicted octanol–water partition coefficient (Wildman–Crippen LogP) is 0.953. The molecule has 132 valence electrons. The Kier molecular flexibility index (Phi) is 3.64. The van der Waals surface area contributed by atoms with Crippen molar-refractivity contribution in [2.75, 3.05) is 30.5 Å². The van der Waals surface area contributed by atoms with Gasteiger partial charge in [0.2, 0.25) is 5.43 Å². The molecule has 8 heteroatoms. The summed E-state index contributed by atoms with van der Waals surface area (Å²) in [7, 11) is 1.62. The second-order valence-corrected chi connectivity index (χ2v) is 6.58. The second-order valence-electron chi connectivity index (χ2n) is 6.58. The number of nitrogens with zero attached hydrogens (tertiary/aromatic N) is 2. The van der Waals surface area contributed by atoms with E-state index in [2.05, 4.69) is 15.6 Å². The van der Waals surface area contributed by atoms with Crippen LogP contribution >= 0.6 is 0 Å². The monoisotopic (exact) mass is 346 g/mol. The molecule has 0 spiro atoms. The number of aromatic nitrogens is 1. The minimum absolute atomic E-state index is 0.0517. The average molecular weight is 346 g/mol. The van der Waals surface area contributed by atoms with Gasteiger partial charge in [-0.2, -0.15) is 0 Å². The molecule has 2 atom stereocenters. The highest BCUT2D eigenvalue weighted by molar-refractivity contribution is 5.93. The highest BCUT2D eigenvalue weighted by Gasteiger charge is 2.35. The van der Waals surface area contributed by atoms with Gasteiger partial charge in [0.1, 0.15) is 11.4 Å². The summed E-state index contributed by atoms with van der Waals surface area (Å²) in [6.07, 6.45) is 3.32. The Hall–Kier alpha value is -2.61. The molecule has 1 aromatic heterocycles. The lowest BCUT2D eigenvalue weighted by atomic mass is 9.92. The van der Waals surface area contributed by atoms with Crippen LogP contribution in [0.2, 0.25) is 0 Å². The fourth-order valence-electron chi connectivity index (χ4n) is 3.90. The number of rotatable bonds is 3. The highest BCUT2D eigenvalue weighted by Crippen LogP contribution is 2.32. The normalized spacial score (nSPS) is 22.4. The van der Waals surface area contributed by atoms with Crippen LogP contribution in [0.5, 0.6) is 0 Å². The number of halogens is 1. The van der Waals surface area contributed by atoms with E-state index in [0.29, 0.717) is 17.2 Å². The largest absolute Gasteiger partial charge is 0.477 e. The molecule has 2 aromatic rings. The molecule has 7 nitrogen and oxygen atoms in total. The zero-order valence-corrected chi connectivity index (χ0v) is 13.8. The first kappa shape index (κ1) is 15.9. The lowest BCUT2D eigenvalue weighted by Gasteiger charge is -2.47. The third-order valence-corrected chi connectivity index (χ3v) is 5.20. The van der Waals surface area contributed by atoms with E-state index in [1.165, 1.54) is 10.9 Å². The van der Waals surface area contributed by atoms with Crippen LogP contribution in [-0.4, -0.2) is 48.0 Å². The molecule has 4 heterocycles. The SMILES string of the molecule is CNn1cc(C(=O)O)c(=O)c2cc(F)c(N3CC4CCC3CN4)cc21. The summed E-state index contributed by atoms with van der Waals surface area (Å²) in [5.41, 5.74) is 2.68. The van der Waals surface area contributed by atoms with Crippen molar-refractivity contribution < 1.29 is 14.3 Å². The van der Waals surface area contributed by atoms with Crippen molar-refractivity contribution in [1.29, 1.82) is 0 Å². The third kappa shape index (κ3) is 2.44. The molecular weight excluding hydrogens is 327 g/mol. The van der Waals surface area contributed by atoms with Crippen molar-refractivity contribution in [3.63, 3.8) is 0 Å². The third-order valence-electron chi connectivity index (χ3n) is 5.20. The van der Waals surface area contributed by atoms with Crippen molar-refractivity contribution >= 4 is 22.6 Å². The van der Waals surface area contributed by atoms with Crippen molar-refractivity contribution in [1.82, 2.24) is 9.99 Å². The number of fused-ring (bicyclic) bond motifs is 4. The highest BCUT2D eigenvalue weighted by atomic mass is 19.1. The van der Waals surface area contributed by atoms with Gasteiger partial charge in [0, 0.05) is 38.4 Å². The van der Waals surface area contributed by atoms with E-state index < -0.39 is 22.8 Å². The Labute approximate surface area is 143 Å². The van der Waals surface area contributed by atoms with Gasteiger partial charge < -0.3 is 20.7 Å². The second kappa shape index (κ2) is 5.73. The van der Waals surface area contributed by atoms with Gasteiger partial charge in [-0.1, -0.05) is 0 Å². The lowest BCUT2D eigenvalue weighted by Crippen LogP contribution is -2.61. The number of anilines is 1. The van der Waals surface area contributed by atoms with Crippen LogP contribution in [0.25, 0.3) is 10.9 Å². The van der Waals surface area contributed by atoms with E-state index >= 15 is 0 Å². The van der Waals surface area contributed by atoms with E-state index in [4.69, 9.17) is 0 Å². The number of hydrogen-bond acceptors (Lipinski definition) is 5. The minimum atomic E-state index is -1.33. The Morgan fingerprint density at radius 2 is 2.20 bits per heavy atom. The zero-order chi connectivity index (χ0) is 17.7. The van der Waals surface area contributed by atoms with Crippen LogP contribution in [-0.2, 0) is 0 Å². The van der Waals surface area contributed by atoms with Gasteiger partial charge in [0.15, 0.2) is 0 Å². The maximum absolute atomic E-state index is 14.8. The molecule has 5 rings (SSSR count). The van der Waals surface area contributed by atoms with Crippen LogP contribution in [0.15, 0.2) is 23.1 Å². The molecule has 0 amide bonds. The van der Waals surface area contributed by atoms with E-state index in [1.54, 1.807) is 13.1 Å². The number of nitrogens with one attached hydrogen (secondary N) is 2. The summed E-state index contributed by atoms with van der Waals surface area (Å²) in [4.78, 5) is 25.7. The molecular formula is C17H19FN4O3. The molecule has 2 bridgehead atoms. The number of piperidine rings is 2. The number of aromatic carboxylic acids is 1. The molecule has 3 aliphatic heterocycles. The number of carboxylic acid groups (broad SMARTS) is 1. The Morgan fingerprint density at radius 1 is 1.40 bits per heavy atom. The molecule has 3 N–H and O–H groups in total. The van der Waals surface area contributed by atoms with E-state index in [9.17, 15) is 19.1 Å². The maximum atomic E-state index is 14.8. The van der Waals surface area contributed by atoms with Crippen LogP contribution in [0, 0.1) is 5.82 Å². The molecule has 25 heavy (non-hydrogen) atoms. The quantitative estimate of drug-likeness (QED) is 0.767. The van der Waals surface area contributed by atoms with Crippen LogP contribution in [0.3, 0.4) is 0 Å². The summed E-state index contributed by atoms with van der Waals surface area (Å²) in [6.45, 7) is 1.54. The molecule has 3 saturated heterocycles. The van der Waals surface area contributed by atoms with Gasteiger partial charge in [0.25, 0.3) is 0 Å². The molecule has 2 unspecified atom stereocenters. The molecule has 3 aliphatic rings. The topological polar surface area (TPSA) is 86.6 Å².